The Bertz CT molecular complexity index is 3050. The third kappa shape index (κ3) is 8.34. The van der Waals surface area contributed by atoms with Gasteiger partial charge in [-0.05, 0) is 142 Å². The second-order valence-corrected chi connectivity index (χ2v) is 21.5. The largest absolute Gasteiger partial charge is 0.508 e. The van der Waals surface area contributed by atoms with Crippen molar-refractivity contribution in [2.75, 3.05) is 70.5 Å². The van der Waals surface area contributed by atoms with Crippen molar-refractivity contribution in [1.82, 2.24) is 39.8 Å². The zero-order valence-corrected chi connectivity index (χ0v) is 40.4. The van der Waals surface area contributed by atoms with E-state index in [0.717, 1.165) is 133 Å². The van der Waals surface area contributed by atoms with Crippen LogP contribution >= 0.6 is 0 Å². The molecule has 1 spiro atoms. The molecular formula is C55H63F2N9O4. The number of aromatic hydroxyl groups is 1. The minimum atomic E-state index is -0.663. The topological polar surface area (TPSA) is 134 Å². The molecule has 15 heteroatoms. The Kier molecular flexibility index (Phi) is 11.5. The van der Waals surface area contributed by atoms with Gasteiger partial charge in [-0.2, -0.15) is 15.1 Å². The summed E-state index contributed by atoms with van der Waals surface area (Å²) in [4.78, 5) is 34.7. The maximum Gasteiger partial charge on any atom is 0.319 e. The molecule has 0 radical (unpaired) electrons. The molecule has 5 saturated heterocycles. The van der Waals surface area contributed by atoms with Gasteiger partial charge in [0.15, 0.2) is 5.82 Å². The van der Waals surface area contributed by atoms with Crippen LogP contribution in [0.1, 0.15) is 99.8 Å². The number of phenols is 1. The molecule has 5 aliphatic heterocycles. The molecule has 2 unspecified atom stereocenters. The molecule has 0 bridgehead atoms. The number of aryl methyl sites for hydroxylation is 2. The number of carbonyl (C=O) groups excluding carboxylic acids is 1. The second kappa shape index (κ2) is 17.8. The number of rotatable bonds is 12. The molecule has 3 aromatic heterocycles. The normalized spacial score (nSPS) is 24.3. The maximum absolute atomic E-state index is 17.3. The fourth-order valence-corrected chi connectivity index (χ4v) is 12.6. The number of hydrogen-bond acceptors (Lipinski definition) is 11. The molecule has 3 atom stereocenters. The first-order valence-electron chi connectivity index (χ1n) is 25.7. The van der Waals surface area contributed by atoms with Gasteiger partial charge in [-0.1, -0.05) is 31.7 Å². The number of amides is 1. The molecular weight excluding hydrogens is 889 g/mol. The Morgan fingerprint density at radius 2 is 1.80 bits per heavy atom. The Labute approximate surface area is 407 Å². The lowest BCUT2D eigenvalue weighted by Gasteiger charge is -2.48. The lowest BCUT2D eigenvalue weighted by atomic mass is 9.86. The molecule has 1 amide bonds. The van der Waals surface area contributed by atoms with Gasteiger partial charge in [0.1, 0.15) is 28.6 Å². The highest BCUT2D eigenvalue weighted by atomic mass is 19.1. The average molecular weight is 952 g/mol. The van der Waals surface area contributed by atoms with Gasteiger partial charge in [-0.15, -0.1) is 0 Å². The number of piperidine rings is 3. The van der Waals surface area contributed by atoms with Crippen molar-refractivity contribution >= 4 is 44.3 Å². The van der Waals surface area contributed by atoms with E-state index in [1.165, 1.54) is 24.1 Å². The van der Waals surface area contributed by atoms with E-state index in [4.69, 9.17) is 24.5 Å². The number of likely N-dealkylation sites (tertiary alicyclic amines) is 2. The van der Waals surface area contributed by atoms with E-state index in [9.17, 15) is 9.90 Å². The third-order valence-corrected chi connectivity index (χ3v) is 16.8. The van der Waals surface area contributed by atoms with E-state index in [2.05, 4.69) is 49.8 Å². The number of phenolic OH excluding ortho intramolecular Hbond substituents is 1. The quantitative estimate of drug-likeness (QED) is 0.122. The van der Waals surface area contributed by atoms with Crippen LogP contribution in [0.3, 0.4) is 0 Å². The van der Waals surface area contributed by atoms with Crippen molar-refractivity contribution in [3.8, 4) is 23.0 Å². The summed E-state index contributed by atoms with van der Waals surface area (Å²) < 4.78 is 47.1. The molecule has 70 heavy (non-hydrogen) atoms. The first-order valence-corrected chi connectivity index (χ1v) is 25.7. The summed E-state index contributed by atoms with van der Waals surface area (Å²) in [5, 5.41) is 21.2. The van der Waals surface area contributed by atoms with Crippen LogP contribution in [0.15, 0.2) is 60.9 Å². The van der Waals surface area contributed by atoms with Crippen molar-refractivity contribution in [3.05, 3.63) is 89.4 Å². The Hall–Kier alpha value is -5.77. The first-order chi connectivity index (χ1) is 33.9. The highest BCUT2D eigenvalue weighted by Gasteiger charge is 2.47. The summed E-state index contributed by atoms with van der Waals surface area (Å²) in [6.07, 6.45) is 11.9. The monoisotopic (exact) mass is 951 g/mol. The highest BCUT2D eigenvalue weighted by Crippen LogP contribution is 2.48. The van der Waals surface area contributed by atoms with E-state index in [-0.39, 0.29) is 51.6 Å². The van der Waals surface area contributed by atoms with E-state index in [1.807, 2.05) is 18.7 Å². The zero-order valence-electron chi connectivity index (χ0n) is 40.4. The third-order valence-electron chi connectivity index (χ3n) is 16.8. The van der Waals surface area contributed by atoms with E-state index >= 15 is 8.78 Å². The fraction of sp³-hybridized carbons (Fsp3) is 0.509. The van der Waals surface area contributed by atoms with E-state index < -0.39 is 5.82 Å². The number of anilines is 1. The van der Waals surface area contributed by atoms with Crippen LogP contribution in [-0.4, -0.2) is 117 Å². The maximum atomic E-state index is 17.3. The number of nitrogens with zero attached hydrogens (tertiary/aromatic N) is 8. The Balaban J connectivity index is 0.715. The smallest absolute Gasteiger partial charge is 0.319 e. The number of aromatic nitrogens is 5. The molecule has 13 nitrogen and oxygen atoms in total. The lowest BCUT2D eigenvalue weighted by molar-refractivity contribution is -0.151. The van der Waals surface area contributed by atoms with Crippen molar-refractivity contribution < 1.29 is 28.2 Å². The van der Waals surface area contributed by atoms with Crippen LogP contribution in [-0.2, 0) is 23.0 Å². The van der Waals surface area contributed by atoms with Crippen LogP contribution in [0.4, 0.5) is 14.6 Å². The van der Waals surface area contributed by atoms with Crippen LogP contribution in [0.2, 0.25) is 0 Å². The number of hydrogen-bond donors (Lipinski definition) is 2. The van der Waals surface area contributed by atoms with Gasteiger partial charge in [0.05, 0.1) is 41.3 Å². The Morgan fingerprint density at radius 1 is 0.971 bits per heavy atom. The zero-order chi connectivity index (χ0) is 47.9. The minimum Gasteiger partial charge on any atom is -0.508 e. The number of nitrogens with one attached hydrogen (secondary N) is 1. The van der Waals surface area contributed by atoms with Crippen molar-refractivity contribution in [2.45, 2.75) is 95.0 Å². The van der Waals surface area contributed by atoms with Crippen LogP contribution in [0.25, 0.3) is 43.8 Å². The molecule has 6 aromatic rings. The number of carbonyl (C=O) groups is 1. The molecule has 2 N–H and O–H groups in total. The molecule has 12 rings (SSSR count). The fourth-order valence-electron chi connectivity index (χ4n) is 12.6. The highest BCUT2D eigenvalue weighted by molar-refractivity contribution is 6.02. The van der Waals surface area contributed by atoms with Crippen LogP contribution < -0.4 is 15.0 Å². The molecule has 1 saturated carbocycles. The number of fused-ring (bicyclic) bond motifs is 3. The average Bonchev–Trinajstić information content (AvgIpc) is 3.85. The number of ether oxygens (including phenoxy) is 2. The summed E-state index contributed by atoms with van der Waals surface area (Å²) in [5.74, 6) is 0.328. The molecule has 6 fully saturated rings. The van der Waals surface area contributed by atoms with Gasteiger partial charge >= 0.3 is 6.01 Å². The molecule has 1 aliphatic carbocycles. The predicted octanol–water partition coefficient (Wildman–Crippen LogP) is 8.91. The summed E-state index contributed by atoms with van der Waals surface area (Å²) in [6, 6.07) is 12.9. The summed E-state index contributed by atoms with van der Waals surface area (Å²) in [7, 11) is 1.98. The molecule has 366 valence electrons. The van der Waals surface area contributed by atoms with E-state index in [0.29, 0.717) is 64.5 Å². The molecule has 8 heterocycles. The van der Waals surface area contributed by atoms with Gasteiger partial charge in [0.2, 0.25) is 5.91 Å². The second-order valence-electron chi connectivity index (χ2n) is 21.5. The number of pyridine rings is 1. The molecule has 3 aromatic carbocycles. The van der Waals surface area contributed by atoms with Crippen molar-refractivity contribution in [1.29, 1.82) is 0 Å². The first kappa shape index (κ1) is 45.4. The minimum absolute atomic E-state index is 0.00714. The summed E-state index contributed by atoms with van der Waals surface area (Å²) in [5.41, 5.74) is 4.67. The van der Waals surface area contributed by atoms with Crippen molar-refractivity contribution in [2.24, 2.45) is 18.4 Å². The standard InChI is InChI=1S/C55H63F2N9O4/c1-4-39-44(56)11-8-37-24-38(67)26-42(46(37)39)49-47(57)50-43(27-58-49)51(66-19-5-15-55(31-66)18-23-70-55)61-53(60-50)69-32-54(16-17-54)30-65-20-12-34(29-65)28-64-21-13-35(14-22-64)36-7-10-40-45(25-36)63(3)62-48(40)41-9-6-33(2)59-52(41)68/h7-8,10-11,24-27,34-35,41,67H,2,4-6,9,12-23,28-32H2,1,3H3,(H,59,68)/t34?,41?,55-/m0/s1. The van der Waals surface area contributed by atoms with Crippen LogP contribution in [0, 0.1) is 23.0 Å². The summed E-state index contributed by atoms with van der Waals surface area (Å²) in [6.45, 7) is 14.7. The van der Waals surface area contributed by atoms with Gasteiger partial charge in [0.25, 0.3) is 0 Å². The van der Waals surface area contributed by atoms with Gasteiger partial charge in [-0.3, -0.25) is 14.5 Å². The van der Waals surface area contributed by atoms with Crippen molar-refractivity contribution in [3.63, 3.8) is 0 Å². The number of benzene rings is 3. The van der Waals surface area contributed by atoms with E-state index in [1.54, 1.807) is 18.3 Å². The van der Waals surface area contributed by atoms with Gasteiger partial charge < -0.3 is 34.6 Å². The number of allylic oxidation sites excluding steroid dienone is 1. The SMILES string of the molecule is C=C1CCC(c2nn(C)c3cc(C4CCN(CC5CCN(CC6(COc7nc(N8CCC[C@]9(CCO9)C8)c8cnc(-c9cc(O)cc%10ccc(F)c(CC)c9%10)c(F)c8n7)CC6)C5)CC4)ccc23)C(=O)N1. The summed E-state index contributed by atoms with van der Waals surface area (Å²) >= 11 is 0. The number of halogens is 2. The molecule has 6 aliphatic rings. The predicted molar refractivity (Wildman–Crippen MR) is 266 cm³/mol. The van der Waals surface area contributed by atoms with Crippen LogP contribution in [0.5, 0.6) is 11.8 Å². The van der Waals surface area contributed by atoms with Gasteiger partial charge in [-0.25, -0.2) is 8.78 Å². The Morgan fingerprint density at radius 3 is 2.57 bits per heavy atom. The van der Waals surface area contributed by atoms with Gasteiger partial charge in [0, 0.05) is 74.5 Å². The lowest BCUT2D eigenvalue weighted by Crippen LogP contribution is -2.56.